The van der Waals surface area contributed by atoms with Crippen LogP contribution in [0.4, 0.5) is 19.1 Å². The molecule has 2 aromatic carbocycles. The third-order valence-corrected chi connectivity index (χ3v) is 3.46. The number of hydrogen-bond donors (Lipinski definition) is 2. The summed E-state index contributed by atoms with van der Waals surface area (Å²) in [6.45, 7) is 0.0205. The van der Waals surface area contributed by atoms with E-state index in [1.54, 1.807) is 31.4 Å². The lowest BCUT2D eigenvalue weighted by atomic mass is 10.1. The number of H-pyrrole nitrogens is 1. The van der Waals surface area contributed by atoms with Crippen molar-refractivity contribution >= 4 is 17.0 Å². The third kappa shape index (κ3) is 3.23. The lowest BCUT2D eigenvalue weighted by Gasteiger charge is -2.12. The number of ether oxygens (including phenoxy) is 1. The highest BCUT2D eigenvalue weighted by atomic mass is 19.4. The molecule has 3 rings (SSSR count). The number of imidazole rings is 1. The number of aromatic nitrogens is 2. The third-order valence-electron chi connectivity index (χ3n) is 3.46. The molecule has 1 heterocycles. The highest BCUT2D eigenvalue weighted by Gasteiger charge is 2.32. The number of fused-ring (bicyclic) bond motifs is 1. The standard InChI is InChI=1S/C16H14F3N3O/c1-23-11-6-7-13-14(8-11)22-15(21-13)20-9-10-4-2-3-5-12(10)16(17,18)19/h2-8H,9H2,1H3,(H2,20,21,22). The first kappa shape index (κ1) is 15.2. The molecule has 23 heavy (non-hydrogen) atoms. The maximum absolute atomic E-state index is 13.0. The van der Waals surface area contributed by atoms with E-state index in [1.165, 1.54) is 12.1 Å². The molecule has 0 aliphatic rings. The maximum Gasteiger partial charge on any atom is 0.416 e. The fourth-order valence-corrected chi connectivity index (χ4v) is 2.33. The number of nitrogens with one attached hydrogen (secondary N) is 2. The first-order chi connectivity index (χ1) is 11.0. The minimum absolute atomic E-state index is 0.0205. The zero-order chi connectivity index (χ0) is 16.4. The number of benzene rings is 2. The Morgan fingerprint density at radius 3 is 2.70 bits per heavy atom. The Hall–Kier alpha value is -2.70. The van der Waals surface area contributed by atoms with E-state index in [4.69, 9.17) is 4.74 Å². The smallest absolute Gasteiger partial charge is 0.416 e. The van der Waals surface area contributed by atoms with Gasteiger partial charge in [0.1, 0.15) is 5.75 Å². The number of rotatable bonds is 4. The Morgan fingerprint density at radius 2 is 1.96 bits per heavy atom. The fourth-order valence-electron chi connectivity index (χ4n) is 2.33. The summed E-state index contributed by atoms with van der Waals surface area (Å²) in [4.78, 5) is 7.31. The molecule has 0 aliphatic carbocycles. The number of nitrogens with zero attached hydrogens (tertiary/aromatic N) is 1. The Balaban J connectivity index is 1.81. The van der Waals surface area contributed by atoms with Crippen molar-refractivity contribution in [3.8, 4) is 5.75 Å². The molecule has 0 fully saturated rings. The van der Waals surface area contributed by atoms with Gasteiger partial charge in [0, 0.05) is 12.6 Å². The van der Waals surface area contributed by atoms with Gasteiger partial charge in [0.2, 0.25) is 5.95 Å². The Labute approximate surface area is 130 Å². The van der Waals surface area contributed by atoms with Gasteiger partial charge in [-0.05, 0) is 23.8 Å². The van der Waals surface area contributed by atoms with Crippen LogP contribution < -0.4 is 10.1 Å². The molecule has 2 N–H and O–H groups in total. The Kier molecular flexibility index (Phi) is 3.85. The predicted molar refractivity (Wildman–Crippen MR) is 81.4 cm³/mol. The summed E-state index contributed by atoms with van der Waals surface area (Å²) in [6, 6.07) is 10.8. The van der Waals surface area contributed by atoms with Crippen LogP contribution >= 0.6 is 0 Å². The predicted octanol–water partition coefficient (Wildman–Crippen LogP) is 4.20. The van der Waals surface area contributed by atoms with Gasteiger partial charge in [-0.15, -0.1) is 0 Å². The highest BCUT2D eigenvalue weighted by molar-refractivity contribution is 5.79. The van der Waals surface area contributed by atoms with Crippen molar-refractivity contribution in [1.29, 1.82) is 0 Å². The Morgan fingerprint density at radius 1 is 1.17 bits per heavy atom. The van der Waals surface area contributed by atoms with E-state index in [-0.39, 0.29) is 12.1 Å². The molecule has 120 valence electrons. The summed E-state index contributed by atoms with van der Waals surface area (Å²) in [6.07, 6.45) is -4.38. The SMILES string of the molecule is COc1ccc2nc(NCc3ccccc3C(F)(F)F)[nH]c2c1. The molecular formula is C16H14F3N3O. The van der Waals surface area contributed by atoms with Crippen LogP contribution in [0.25, 0.3) is 11.0 Å². The monoisotopic (exact) mass is 321 g/mol. The molecule has 0 saturated carbocycles. The number of halogens is 3. The van der Waals surface area contributed by atoms with Crippen LogP contribution in [0.3, 0.4) is 0 Å². The second-order valence-corrected chi connectivity index (χ2v) is 4.98. The minimum Gasteiger partial charge on any atom is -0.497 e. The van der Waals surface area contributed by atoms with Gasteiger partial charge in [-0.25, -0.2) is 4.98 Å². The lowest BCUT2D eigenvalue weighted by molar-refractivity contribution is -0.138. The van der Waals surface area contributed by atoms with Gasteiger partial charge < -0.3 is 15.0 Å². The van der Waals surface area contributed by atoms with Gasteiger partial charge >= 0.3 is 6.18 Å². The molecule has 0 amide bonds. The van der Waals surface area contributed by atoms with Crippen LogP contribution in [0, 0.1) is 0 Å². The van der Waals surface area contributed by atoms with Crippen molar-refractivity contribution in [2.75, 3.05) is 12.4 Å². The van der Waals surface area contributed by atoms with Crippen LogP contribution in [-0.2, 0) is 12.7 Å². The van der Waals surface area contributed by atoms with Gasteiger partial charge in [-0.2, -0.15) is 13.2 Å². The van der Waals surface area contributed by atoms with Crippen molar-refractivity contribution in [2.45, 2.75) is 12.7 Å². The van der Waals surface area contributed by atoms with Crippen molar-refractivity contribution in [3.05, 3.63) is 53.6 Å². The molecule has 0 atom stereocenters. The van der Waals surface area contributed by atoms with E-state index in [0.29, 0.717) is 17.2 Å². The molecule has 3 aromatic rings. The van der Waals surface area contributed by atoms with Crippen LogP contribution in [0.2, 0.25) is 0 Å². The summed E-state index contributed by atoms with van der Waals surface area (Å²) in [7, 11) is 1.56. The molecule has 0 spiro atoms. The normalized spacial score (nSPS) is 11.7. The quantitative estimate of drug-likeness (QED) is 0.757. The average Bonchev–Trinajstić information content (AvgIpc) is 2.94. The number of alkyl halides is 3. The highest BCUT2D eigenvalue weighted by Crippen LogP contribution is 2.32. The van der Waals surface area contributed by atoms with E-state index in [2.05, 4.69) is 15.3 Å². The van der Waals surface area contributed by atoms with Gasteiger partial charge in [-0.1, -0.05) is 18.2 Å². The number of hydrogen-bond acceptors (Lipinski definition) is 3. The summed E-state index contributed by atoms with van der Waals surface area (Å²) < 4.78 is 44.0. The van der Waals surface area contributed by atoms with Gasteiger partial charge in [0.25, 0.3) is 0 Å². The molecule has 0 radical (unpaired) electrons. The van der Waals surface area contributed by atoms with E-state index in [1.807, 2.05) is 0 Å². The van der Waals surface area contributed by atoms with E-state index < -0.39 is 11.7 Å². The number of methoxy groups -OCH3 is 1. The first-order valence-corrected chi connectivity index (χ1v) is 6.90. The molecular weight excluding hydrogens is 307 g/mol. The van der Waals surface area contributed by atoms with Crippen molar-refractivity contribution < 1.29 is 17.9 Å². The molecule has 0 unspecified atom stereocenters. The van der Waals surface area contributed by atoms with Crippen LogP contribution in [-0.4, -0.2) is 17.1 Å². The van der Waals surface area contributed by atoms with Crippen molar-refractivity contribution in [2.24, 2.45) is 0 Å². The molecule has 1 aromatic heterocycles. The summed E-state index contributed by atoms with van der Waals surface area (Å²) in [5.41, 5.74) is 0.969. The largest absolute Gasteiger partial charge is 0.497 e. The van der Waals surface area contributed by atoms with Crippen molar-refractivity contribution in [3.63, 3.8) is 0 Å². The lowest BCUT2D eigenvalue weighted by Crippen LogP contribution is -2.12. The Bertz CT molecular complexity index is 827. The summed E-state index contributed by atoms with van der Waals surface area (Å²) in [5.74, 6) is 1.08. The molecule has 0 saturated heterocycles. The number of aromatic amines is 1. The first-order valence-electron chi connectivity index (χ1n) is 6.90. The van der Waals surface area contributed by atoms with Crippen molar-refractivity contribution in [1.82, 2.24) is 9.97 Å². The molecule has 4 nitrogen and oxygen atoms in total. The van der Waals surface area contributed by atoms with Gasteiger partial charge in [-0.3, -0.25) is 0 Å². The zero-order valence-electron chi connectivity index (χ0n) is 12.2. The maximum atomic E-state index is 13.0. The number of anilines is 1. The fraction of sp³-hybridized carbons (Fsp3) is 0.188. The van der Waals surface area contributed by atoms with Crippen LogP contribution in [0.1, 0.15) is 11.1 Å². The van der Waals surface area contributed by atoms with Gasteiger partial charge in [0.05, 0.1) is 23.7 Å². The van der Waals surface area contributed by atoms with Gasteiger partial charge in [0.15, 0.2) is 0 Å². The summed E-state index contributed by atoms with van der Waals surface area (Å²) in [5, 5.41) is 2.89. The second kappa shape index (κ2) is 5.83. The van der Waals surface area contributed by atoms with E-state index in [0.717, 1.165) is 11.6 Å². The van der Waals surface area contributed by atoms with Crippen LogP contribution in [0.15, 0.2) is 42.5 Å². The second-order valence-electron chi connectivity index (χ2n) is 4.98. The molecule has 0 aliphatic heterocycles. The average molecular weight is 321 g/mol. The minimum atomic E-state index is -4.38. The van der Waals surface area contributed by atoms with E-state index in [9.17, 15) is 13.2 Å². The summed E-state index contributed by atoms with van der Waals surface area (Å²) >= 11 is 0. The molecule has 0 bridgehead atoms. The molecule has 7 heteroatoms. The topological polar surface area (TPSA) is 49.9 Å². The van der Waals surface area contributed by atoms with Crippen LogP contribution in [0.5, 0.6) is 5.75 Å². The van der Waals surface area contributed by atoms with E-state index >= 15 is 0 Å². The zero-order valence-corrected chi connectivity index (χ0v) is 12.2.